The summed E-state index contributed by atoms with van der Waals surface area (Å²) in [6.45, 7) is 15.2. The van der Waals surface area contributed by atoms with Gasteiger partial charge in [0.05, 0.1) is 29.6 Å². The molecule has 0 unspecified atom stereocenters. The van der Waals surface area contributed by atoms with Crippen molar-refractivity contribution in [3.05, 3.63) is 82.9 Å². The number of fused-ring (bicyclic) bond motifs is 5. The van der Waals surface area contributed by atoms with Crippen LogP contribution in [0.5, 0.6) is 0 Å². The first-order valence-electron chi connectivity index (χ1n) is 23.6. The Balaban J connectivity index is 1.48. The standard InChI is InChI=1S/C52H67NO16/c1-28(2)33(55)23-17-18-24-37(57)66-41(39(31-19-13-11-14-20-31)53-47(62)69-48(5,6)7)46(61)65-34-26-52(63)44(67-45(60)32-21-15-12-16-22-32)42-50(10,43(59)40(58)38(29(34)3)49(52,8)9)35(56)25-36-51(42,27-64-36)68-30(4)54/h11-16,19-22,28,34-36,39-42,44,56,58,63H,17-18,23-27H2,1-10H3,(H,53,62)/t34-,35-,36+,39-,40+,41+,42-,44-,50+,51-,52+/m0/s1. The maximum atomic E-state index is 15.2. The zero-order valence-corrected chi connectivity index (χ0v) is 41.1. The minimum absolute atomic E-state index is 0.0177. The fraction of sp³-hybridized carbons (Fsp3) is 0.596. The molecule has 6 rings (SSSR count). The van der Waals surface area contributed by atoms with Gasteiger partial charge in [-0.25, -0.2) is 14.4 Å². The molecule has 4 aliphatic rings. The lowest BCUT2D eigenvalue weighted by molar-refractivity contribution is -0.346. The fourth-order valence-electron chi connectivity index (χ4n) is 10.7. The molecular formula is C52H67NO16. The first-order valence-corrected chi connectivity index (χ1v) is 23.6. The van der Waals surface area contributed by atoms with Crippen molar-refractivity contribution in [2.24, 2.45) is 22.7 Å². The highest BCUT2D eigenvalue weighted by molar-refractivity contribution is 5.94. The van der Waals surface area contributed by atoms with Crippen molar-refractivity contribution in [1.29, 1.82) is 0 Å². The maximum Gasteiger partial charge on any atom is 0.408 e. The van der Waals surface area contributed by atoms with E-state index in [1.165, 1.54) is 39.8 Å². The molecule has 1 heterocycles. The first kappa shape index (κ1) is 52.9. The number of unbranched alkanes of at least 4 members (excludes halogenated alkanes) is 1. The van der Waals surface area contributed by atoms with Gasteiger partial charge in [-0.3, -0.25) is 19.2 Å². The number of amides is 1. The number of ketones is 2. The van der Waals surface area contributed by atoms with Crippen LogP contribution in [0.15, 0.2) is 71.8 Å². The Morgan fingerprint density at radius 3 is 2.07 bits per heavy atom. The van der Waals surface area contributed by atoms with Gasteiger partial charge in [-0.1, -0.05) is 76.2 Å². The molecule has 2 saturated carbocycles. The van der Waals surface area contributed by atoms with Crippen LogP contribution < -0.4 is 5.32 Å². The summed E-state index contributed by atoms with van der Waals surface area (Å²) in [6.07, 6.45) is -11.2. The highest BCUT2D eigenvalue weighted by Crippen LogP contribution is 2.64. The number of ether oxygens (including phenoxy) is 6. The van der Waals surface area contributed by atoms with Crippen LogP contribution in [0.25, 0.3) is 0 Å². The molecule has 376 valence electrons. The lowest BCUT2D eigenvalue weighted by Gasteiger charge is -2.67. The molecule has 1 aliphatic heterocycles. The van der Waals surface area contributed by atoms with Crippen molar-refractivity contribution in [2.75, 3.05) is 6.61 Å². The van der Waals surface area contributed by atoms with Crippen molar-refractivity contribution < 1.29 is 77.3 Å². The van der Waals surface area contributed by atoms with E-state index in [1.807, 2.05) is 0 Å². The Morgan fingerprint density at radius 2 is 1.51 bits per heavy atom. The van der Waals surface area contributed by atoms with Crippen molar-refractivity contribution in [2.45, 2.75) is 167 Å². The number of benzene rings is 2. The van der Waals surface area contributed by atoms with Crippen LogP contribution in [0.1, 0.15) is 130 Å². The summed E-state index contributed by atoms with van der Waals surface area (Å²) in [4.78, 5) is 97.1. The second kappa shape index (κ2) is 20.1. The van der Waals surface area contributed by atoms with Gasteiger partial charge >= 0.3 is 30.0 Å². The van der Waals surface area contributed by atoms with Crippen LogP contribution in [0, 0.1) is 22.7 Å². The number of alkyl carbamates (subject to hydrolysis) is 1. The average molecular weight is 962 g/mol. The van der Waals surface area contributed by atoms with Gasteiger partial charge in [-0.2, -0.15) is 0 Å². The highest BCUT2D eigenvalue weighted by Gasteiger charge is 2.78. The minimum Gasteiger partial charge on any atom is -0.455 e. The quantitative estimate of drug-likeness (QED) is 0.0735. The topological polar surface area (TPSA) is 248 Å². The average Bonchev–Trinajstić information content (AvgIpc) is 3.27. The summed E-state index contributed by atoms with van der Waals surface area (Å²) in [6, 6.07) is 14.5. The zero-order valence-electron chi connectivity index (χ0n) is 41.1. The van der Waals surface area contributed by atoms with E-state index in [9.17, 15) is 39.3 Å². The number of hydrogen-bond donors (Lipinski definition) is 4. The first-order chi connectivity index (χ1) is 32.2. The van der Waals surface area contributed by atoms with Crippen molar-refractivity contribution in [1.82, 2.24) is 5.32 Å². The van der Waals surface area contributed by atoms with Gasteiger partial charge in [-0.05, 0) is 76.3 Å². The summed E-state index contributed by atoms with van der Waals surface area (Å²) in [5, 5.41) is 40.8. The Hall–Kier alpha value is -5.49. The van der Waals surface area contributed by atoms with Gasteiger partial charge in [0.25, 0.3) is 0 Å². The van der Waals surface area contributed by atoms with E-state index in [1.54, 1.807) is 83.1 Å². The summed E-state index contributed by atoms with van der Waals surface area (Å²) >= 11 is 0. The van der Waals surface area contributed by atoms with Crippen LogP contribution in [-0.2, 0) is 52.4 Å². The SMILES string of the molecule is CC(=O)O[C@@]12CO[C@@H]1C[C@H](O)[C@@]1(C)C(=O)[C@H](O)C3=C(C)[C@@H](OC(=O)[C@H](OC(=O)CCCCC(=O)C(C)C)[C@@H](NC(=O)OC(C)(C)C)c4ccccc4)C[C@@](O)([C@@H](OC(=O)c4ccccc4)[C@H]21)C3(C)C. The van der Waals surface area contributed by atoms with E-state index in [0.29, 0.717) is 12.0 Å². The smallest absolute Gasteiger partial charge is 0.408 e. The number of hydrogen-bond acceptors (Lipinski definition) is 16. The third-order valence-corrected chi connectivity index (χ3v) is 14.5. The molecule has 2 aromatic carbocycles. The fourth-order valence-corrected chi connectivity index (χ4v) is 10.7. The third-order valence-electron chi connectivity index (χ3n) is 14.5. The molecule has 0 aromatic heterocycles. The second-order valence-electron chi connectivity index (χ2n) is 20.9. The largest absolute Gasteiger partial charge is 0.455 e. The van der Waals surface area contributed by atoms with Crippen LogP contribution in [0.2, 0.25) is 0 Å². The number of carbonyl (C=O) groups excluding carboxylic acids is 7. The highest BCUT2D eigenvalue weighted by atomic mass is 16.6. The van der Waals surface area contributed by atoms with Crippen LogP contribution >= 0.6 is 0 Å². The molecule has 3 fully saturated rings. The molecule has 11 atom stereocenters. The van der Waals surface area contributed by atoms with E-state index < -0.39 is 118 Å². The van der Waals surface area contributed by atoms with Gasteiger partial charge < -0.3 is 49.1 Å². The molecule has 4 N–H and O–H groups in total. The molecule has 0 radical (unpaired) electrons. The third kappa shape index (κ3) is 10.2. The lowest BCUT2D eigenvalue weighted by Crippen LogP contribution is -2.81. The predicted octanol–water partition coefficient (Wildman–Crippen LogP) is 5.60. The number of rotatable bonds is 15. The van der Waals surface area contributed by atoms with Gasteiger partial charge in [-0.15, -0.1) is 0 Å². The number of Topliss-reactive ketones (excluding diaryl/α,β-unsaturated/α-hetero) is 2. The number of esters is 4. The van der Waals surface area contributed by atoms with Crippen LogP contribution in [0.3, 0.4) is 0 Å². The molecule has 17 nitrogen and oxygen atoms in total. The maximum absolute atomic E-state index is 15.2. The van der Waals surface area contributed by atoms with E-state index in [4.69, 9.17) is 28.4 Å². The van der Waals surface area contributed by atoms with E-state index in [-0.39, 0.29) is 60.7 Å². The van der Waals surface area contributed by atoms with E-state index in [2.05, 4.69) is 5.32 Å². The number of aliphatic hydroxyl groups excluding tert-OH is 2. The normalized spacial score (nSPS) is 30.1. The van der Waals surface area contributed by atoms with Gasteiger partial charge in [0.2, 0.25) is 6.10 Å². The Kier molecular flexibility index (Phi) is 15.4. The monoisotopic (exact) mass is 961 g/mol. The Labute approximate surface area is 402 Å². The van der Waals surface area contributed by atoms with Crippen molar-refractivity contribution in [3.63, 3.8) is 0 Å². The van der Waals surface area contributed by atoms with Crippen molar-refractivity contribution >= 4 is 41.5 Å². The molecule has 1 saturated heterocycles. The minimum atomic E-state index is -2.43. The number of aliphatic hydroxyl groups is 3. The summed E-state index contributed by atoms with van der Waals surface area (Å²) in [5.74, 6) is -6.51. The Morgan fingerprint density at radius 1 is 0.899 bits per heavy atom. The molecular weight excluding hydrogens is 895 g/mol. The molecule has 0 spiro atoms. The summed E-state index contributed by atoms with van der Waals surface area (Å²) in [7, 11) is 0. The van der Waals surface area contributed by atoms with Crippen LogP contribution in [-0.4, -0.2) is 117 Å². The van der Waals surface area contributed by atoms with E-state index >= 15 is 9.59 Å². The molecule has 2 aromatic rings. The van der Waals surface area contributed by atoms with Gasteiger partial charge in [0.15, 0.2) is 11.4 Å². The second-order valence-corrected chi connectivity index (χ2v) is 20.9. The molecule has 17 heteroatoms. The predicted molar refractivity (Wildman–Crippen MR) is 246 cm³/mol. The number of nitrogens with one attached hydrogen (secondary N) is 1. The molecule has 69 heavy (non-hydrogen) atoms. The summed E-state index contributed by atoms with van der Waals surface area (Å²) in [5.41, 5.74) is -8.58. The lowest BCUT2D eigenvalue weighted by atomic mass is 9.44. The zero-order chi connectivity index (χ0) is 51.0. The summed E-state index contributed by atoms with van der Waals surface area (Å²) < 4.78 is 36.1. The van der Waals surface area contributed by atoms with E-state index in [0.717, 1.165) is 6.92 Å². The Bertz CT molecular complexity index is 2320. The van der Waals surface area contributed by atoms with Gasteiger partial charge in [0.1, 0.15) is 47.4 Å². The molecule has 2 bridgehead atoms. The van der Waals surface area contributed by atoms with Gasteiger partial charge in [0, 0.05) is 43.9 Å². The van der Waals surface area contributed by atoms with Crippen LogP contribution in [0.4, 0.5) is 4.79 Å². The van der Waals surface area contributed by atoms with Crippen molar-refractivity contribution in [3.8, 4) is 0 Å². The molecule has 1 amide bonds. The number of carbonyl (C=O) groups is 7. The molecule has 3 aliphatic carbocycles.